The average molecular weight is 263 g/mol. The molecule has 1 aliphatic carbocycles. The molecule has 1 amide bonds. The maximum absolute atomic E-state index is 12.1. The summed E-state index contributed by atoms with van der Waals surface area (Å²) < 4.78 is 0. The highest BCUT2D eigenvalue weighted by atomic mass is 16.1. The Labute approximate surface area is 115 Å². The lowest BCUT2D eigenvalue weighted by Gasteiger charge is -2.28. The Bertz CT molecular complexity index is 382. The van der Waals surface area contributed by atoms with Gasteiger partial charge in [-0.25, -0.2) is 4.98 Å². The molecule has 0 saturated heterocycles. The number of rotatable bonds is 5. The van der Waals surface area contributed by atoms with E-state index in [1.807, 2.05) is 0 Å². The summed E-state index contributed by atoms with van der Waals surface area (Å²) in [7, 11) is 0. The Morgan fingerprint density at radius 3 is 2.79 bits per heavy atom. The fourth-order valence-electron chi connectivity index (χ4n) is 2.99. The summed E-state index contributed by atoms with van der Waals surface area (Å²) in [6, 6.07) is 0.307. The number of carbonyl (C=O) groups is 1. The van der Waals surface area contributed by atoms with Crippen LogP contribution in [0.1, 0.15) is 64.0 Å². The van der Waals surface area contributed by atoms with E-state index in [2.05, 4.69) is 29.1 Å². The zero-order chi connectivity index (χ0) is 13.7. The third kappa shape index (κ3) is 4.08. The molecule has 1 saturated carbocycles. The van der Waals surface area contributed by atoms with E-state index in [0.29, 0.717) is 18.4 Å². The van der Waals surface area contributed by atoms with Gasteiger partial charge in [-0.15, -0.1) is 0 Å². The van der Waals surface area contributed by atoms with Crippen LogP contribution >= 0.6 is 0 Å². The van der Waals surface area contributed by atoms with E-state index >= 15 is 0 Å². The molecule has 1 aromatic heterocycles. The first-order valence-electron chi connectivity index (χ1n) is 7.44. The third-order valence-corrected chi connectivity index (χ3v) is 4.29. The molecule has 4 nitrogen and oxygen atoms in total. The van der Waals surface area contributed by atoms with Crippen LogP contribution in [0.5, 0.6) is 0 Å². The molecule has 0 aliphatic heterocycles. The maximum atomic E-state index is 12.1. The highest BCUT2D eigenvalue weighted by Crippen LogP contribution is 2.26. The molecule has 19 heavy (non-hydrogen) atoms. The van der Waals surface area contributed by atoms with E-state index in [-0.39, 0.29) is 11.8 Å². The van der Waals surface area contributed by atoms with E-state index in [1.165, 1.54) is 32.1 Å². The molecule has 0 spiro atoms. The normalized spacial score (nSPS) is 19.9. The molecule has 1 aliphatic rings. The van der Waals surface area contributed by atoms with Crippen LogP contribution in [-0.4, -0.2) is 21.9 Å². The summed E-state index contributed by atoms with van der Waals surface area (Å²) in [5, 5.41) is 3.17. The fourth-order valence-corrected chi connectivity index (χ4v) is 2.99. The highest BCUT2D eigenvalue weighted by Gasteiger charge is 2.22. The van der Waals surface area contributed by atoms with E-state index in [9.17, 15) is 4.79 Å². The fraction of sp³-hybridized carbons (Fsp3) is 0.733. The van der Waals surface area contributed by atoms with Gasteiger partial charge in [0.2, 0.25) is 5.91 Å². The molecule has 2 atom stereocenters. The van der Waals surface area contributed by atoms with Gasteiger partial charge in [-0.05, 0) is 25.7 Å². The Hall–Kier alpha value is -1.32. The third-order valence-electron chi connectivity index (χ3n) is 4.29. The summed E-state index contributed by atoms with van der Waals surface area (Å²) >= 11 is 0. The van der Waals surface area contributed by atoms with Crippen molar-refractivity contribution in [2.75, 3.05) is 0 Å². The Kier molecular flexibility index (Phi) is 5.00. The van der Waals surface area contributed by atoms with Gasteiger partial charge in [0.15, 0.2) is 0 Å². The van der Waals surface area contributed by atoms with Crippen LogP contribution < -0.4 is 5.32 Å². The molecule has 0 aromatic carbocycles. The Balaban J connectivity index is 1.77. The minimum absolute atomic E-state index is 0.153. The van der Waals surface area contributed by atoms with Gasteiger partial charge in [-0.3, -0.25) is 4.79 Å². The van der Waals surface area contributed by atoms with Crippen molar-refractivity contribution in [3.05, 3.63) is 18.2 Å². The number of nitrogens with one attached hydrogen (secondary N) is 2. The minimum Gasteiger partial charge on any atom is -0.353 e. The number of aromatic nitrogens is 2. The number of imidazole rings is 1. The highest BCUT2D eigenvalue weighted by molar-refractivity contribution is 5.77. The van der Waals surface area contributed by atoms with Crippen LogP contribution in [0.4, 0.5) is 0 Å². The lowest BCUT2D eigenvalue weighted by molar-refractivity contribution is -0.122. The van der Waals surface area contributed by atoms with Crippen molar-refractivity contribution in [1.82, 2.24) is 15.3 Å². The van der Waals surface area contributed by atoms with Gasteiger partial charge in [0, 0.05) is 30.3 Å². The molecule has 2 rings (SSSR count). The molecule has 1 aromatic rings. The first kappa shape index (κ1) is 14.1. The molecule has 4 heteroatoms. The largest absolute Gasteiger partial charge is 0.353 e. The van der Waals surface area contributed by atoms with Crippen LogP contribution in [-0.2, 0) is 4.79 Å². The quantitative estimate of drug-likeness (QED) is 0.858. The maximum Gasteiger partial charge on any atom is 0.220 e. The van der Waals surface area contributed by atoms with Crippen molar-refractivity contribution >= 4 is 5.91 Å². The molecule has 0 bridgehead atoms. The molecule has 0 radical (unpaired) electrons. The van der Waals surface area contributed by atoms with Crippen molar-refractivity contribution in [3.63, 3.8) is 0 Å². The smallest absolute Gasteiger partial charge is 0.220 e. The van der Waals surface area contributed by atoms with E-state index < -0.39 is 0 Å². The van der Waals surface area contributed by atoms with E-state index in [0.717, 1.165) is 5.69 Å². The zero-order valence-electron chi connectivity index (χ0n) is 12.0. The standard InChI is InChI=1S/C15H25N3O/c1-11(14-9-16-10-17-14)8-15(19)18-12(2)13-6-4-3-5-7-13/h9-13H,3-8H2,1-2H3,(H,16,17)(H,18,19)/t11-,12-/m1/s1. The summed E-state index contributed by atoms with van der Waals surface area (Å²) in [5.41, 5.74) is 1.03. The van der Waals surface area contributed by atoms with Crippen molar-refractivity contribution in [3.8, 4) is 0 Å². The molecule has 1 fully saturated rings. The van der Waals surface area contributed by atoms with Gasteiger partial charge >= 0.3 is 0 Å². The first-order valence-corrected chi connectivity index (χ1v) is 7.44. The van der Waals surface area contributed by atoms with Gasteiger partial charge in [0.25, 0.3) is 0 Å². The molecule has 2 N–H and O–H groups in total. The van der Waals surface area contributed by atoms with Crippen LogP contribution in [0, 0.1) is 5.92 Å². The van der Waals surface area contributed by atoms with Crippen LogP contribution in [0.3, 0.4) is 0 Å². The molecule has 0 unspecified atom stereocenters. The number of carbonyl (C=O) groups excluding carboxylic acids is 1. The summed E-state index contributed by atoms with van der Waals surface area (Å²) in [4.78, 5) is 19.1. The monoisotopic (exact) mass is 263 g/mol. The second kappa shape index (κ2) is 6.73. The SMILES string of the molecule is C[C@H](CC(=O)N[C@H](C)C1CCCCC1)c1cnc[nH]1. The Morgan fingerprint density at radius 1 is 1.42 bits per heavy atom. The second-order valence-corrected chi connectivity index (χ2v) is 5.87. The number of H-pyrrole nitrogens is 1. The molecule has 1 heterocycles. The predicted molar refractivity (Wildman–Crippen MR) is 75.8 cm³/mol. The predicted octanol–water partition coefficient (Wildman–Crippen LogP) is 2.99. The van der Waals surface area contributed by atoms with Gasteiger partial charge in [-0.1, -0.05) is 26.2 Å². The van der Waals surface area contributed by atoms with Crippen molar-refractivity contribution in [1.29, 1.82) is 0 Å². The lowest BCUT2D eigenvalue weighted by Crippen LogP contribution is -2.39. The molecule has 106 valence electrons. The van der Waals surface area contributed by atoms with Crippen molar-refractivity contribution < 1.29 is 4.79 Å². The average Bonchev–Trinajstić information content (AvgIpc) is 2.93. The molecular weight excluding hydrogens is 238 g/mol. The zero-order valence-corrected chi connectivity index (χ0v) is 12.0. The topological polar surface area (TPSA) is 57.8 Å². The van der Waals surface area contributed by atoms with Crippen LogP contribution in [0.15, 0.2) is 12.5 Å². The second-order valence-electron chi connectivity index (χ2n) is 5.87. The van der Waals surface area contributed by atoms with Gasteiger partial charge in [0.1, 0.15) is 0 Å². The van der Waals surface area contributed by atoms with Gasteiger partial charge < -0.3 is 10.3 Å². The number of nitrogens with zero attached hydrogens (tertiary/aromatic N) is 1. The summed E-state index contributed by atoms with van der Waals surface area (Å²) in [6.07, 6.45) is 10.5. The van der Waals surface area contributed by atoms with Gasteiger partial charge in [0.05, 0.1) is 6.33 Å². The van der Waals surface area contributed by atoms with Crippen molar-refractivity contribution in [2.24, 2.45) is 5.92 Å². The summed E-state index contributed by atoms with van der Waals surface area (Å²) in [5.74, 6) is 1.02. The van der Waals surface area contributed by atoms with E-state index in [4.69, 9.17) is 0 Å². The minimum atomic E-state index is 0.153. The van der Waals surface area contributed by atoms with Crippen LogP contribution in [0.25, 0.3) is 0 Å². The number of amides is 1. The van der Waals surface area contributed by atoms with Crippen molar-refractivity contribution in [2.45, 2.75) is 64.3 Å². The summed E-state index contributed by atoms with van der Waals surface area (Å²) in [6.45, 7) is 4.20. The number of aromatic amines is 1. The number of hydrogen-bond donors (Lipinski definition) is 2. The Morgan fingerprint density at radius 2 is 2.16 bits per heavy atom. The van der Waals surface area contributed by atoms with Crippen LogP contribution in [0.2, 0.25) is 0 Å². The lowest BCUT2D eigenvalue weighted by atomic mass is 9.84. The number of hydrogen-bond acceptors (Lipinski definition) is 2. The van der Waals surface area contributed by atoms with Gasteiger partial charge in [-0.2, -0.15) is 0 Å². The first-order chi connectivity index (χ1) is 9.16. The van der Waals surface area contributed by atoms with E-state index in [1.54, 1.807) is 12.5 Å². The molecular formula is C15H25N3O.